The van der Waals surface area contributed by atoms with Gasteiger partial charge in [0.1, 0.15) is 11.9 Å². The van der Waals surface area contributed by atoms with Crippen molar-refractivity contribution in [2.24, 2.45) is 0 Å². The maximum atomic E-state index is 9.88. The lowest BCUT2D eigenvalue weighted by atomic mass is 9.80. The molecular formula is C18H27NO2. The Morgan fingerprint density at radius 3 is 2.81 bits per heavy atom. The number of hydrogen-bond donors (Lipinski definition) is 2. The molecule has 2 aliphatic carbocycles. The van der Waals surface area contributed by atoms with Crippen LogP contribution in [0.4, 0.5) is 0 Å². The molecule has 0 amide bonds. The number of aliphatic hydroxyl groups is 1. The topological polar surface area (TPSA) is 41.5 Å². The smallest absolute Gasteiger partial charge is 0.122 e. The Morgan fingerprint density at radius 2 is 2.10 bits per heavy atom. The van der Waals surface area contributed by atoms with Gasteiger partial charge in [-0.1, -0.05) is 12.1 Å². The van der Waals surface area contributed by atoms with Crippen molar-refractivity contribution in [3.8, 4) is 5.75 Å². The Kier molecular flexibility index (Phi) is 4.23. The maximum absolute atomic E-state index is 9.88. The van der Waals surface area contributed by atoms with E-state index in [1.54, 1.807) is 0 Å². The van der Waals surface area contributed by atoms with Crippen molar-refractivity contribution in [3.05, 3.63) is 29.3 Å². The predicted molar refractivity (Wildman–Crippen MR) is 84.8 cm³/mol. The van der Waals surface area contributed by atoms with E-state index in [9.17, 15) is 5.11 Å². The van der Waals surface area contributed by atoms with Gasteiger partial charge in [-0.15, -0.1) is 0 Å². The van der Waals surface area contributed by atoms with Gasteiger partial charge in [-0.05, 0) is 63.1 Å². The lowest BCUT2D eigenvalue weighted by Crippen LogP contribution is -2.54. The van der Waals surface area contributed by atoms with E-state index in [4.69, 9.17) is 4.74 Å². The molecule has 0 bridgehead atoms. The molecule has 3 nitrogen and oxygen atoms in total. The first-order chi connectivity index (χ1) is 10.1. The molecule has 3 rings (SSSR count). The van der Waals surface area contributed by atoms with E-state index in [2.05, 4.69) is 37.4 Å². The van der Waals surface area contributed by atoms with E-state index >= 15 is 0 Å². The van der Waals surface area contributed by atoms with Gasteiger partial charge in [0.25, 0.3) is 0 Å². The minimum atomic E-state index is -0.123. The van der Waals surface area contributed by atoms with Crippen LogP contribution < -0.4 is 10.1 Å². The van der Waals surface area contributed by atoms with Crippen LogP contribution in [-0.2, 0) is 0 Å². The molecule has 2 unspecified atom stereocenters. The van der Waals surface area contributed by atoms with Gasteiger partial charge in [-0.25, -0.2) is 0 Å². The summed E-state index contributed by atoms with van der Waals surface area (Å²) in [7, 11) is 0. The molecule has 0 aliphatic heterocycles. The SMILES string of the molecule is Cc1cccc(OC2CCCC(CO)(NC3CC3)C2)c1C. The van der Waals surface area contributed by atoms with E-state index < -0.39 is 0 Å². The molecule has 0 heterocycles. The van der Waals surface area contributed by atoms with Crippen molar-refractivity contribution in [1.82, 2.24) is 5.32 Å². The fourth-order valence-corrected chi connectivity index (χ4v) is 3.42. The second-order valence-electron chi connectivity index (χ2n) is 6.89. The second kappa shape index (κ2) is 5.98. The van der Waals surface area contributed by atoms with Crippen molar-refractivity contribution < 1.29 is 9.84 Å². The first-order valence-electron chi connectivity index (χ1n) is 8.23. The number of ether oxygens (including phenoxy) is 1. The molecule has 0 radical (unpaired) electrons. The Morgan fingerprint density at radius 1 is 1.29 bits per heavy atom. The zero-order chi connectivity index (χ0) is 14.9. The summed E-state index contributed by atoms with van der Waals surface area (Å²) in [4.78, 5) is 0. The number of aliphatic hydroxyl groups excluding tert-OH is 1. The summed E-state index contributed by atoms with van der Waals surface area (Å²) in [5.74, 6) is 1.00. The molecule has 3 heteroatoms. The van der Waals surface area contributed by atoms with E-state index in [-0.39, 0.29) is 18.2 Å². The third-order valence-electron chi connectivity index (χ3n) is 5.04. The normalized spacial score (nSPS) is 29.4. The molecule has 0 saturated heterocycles. The van der Waals surface area contributed by atoms with E-state index in [1.165, 1.54) is 24.0 Å². The van der Waals surface area contributed by atoms with Gasteiger partial charge in [0.15, 0.2) is 0 Å². The second-order valence-corrected chi connectivity index (χ2v) is 6.89. The molecular weight excluding hydrogens is 262 g/mol. The fourth-order valence-electron chi connectivity index (χ4n) is 3.42. The molecule has 2 N–H and O–H groups in total. The Bertz CT molecular complexity index is 498. The number of nitrogens with one attached hydrogen (secondary N) is 1. The average molecular weight is 289 g/mol. The number of rotatable bonds is 5. The average Bonchev–Trinajstić information content (AvgIpc) is 3.28. The molecule has 0 aromatic heterocycles. The molecule has 0 spiro atoms. The summed E-state index contributed by atoms with van der Waals surface area (Å²) in [6.07, 6.45) is 6.89. The van der Waals surface area contributed by atoms with Crippen LogP contribution >= 0.6 is 0 Å². The van der Waals surface area contributed by atoms with Gasteiger partial charge in [0.2, 0.25) is 0 Å². The molecule has 2 atom stereocenters. The first-order valence-corrected chi connectivity index (χ1v) is 8.23. The third kappa shape index (κ3) is 3.41. The summed E-state index contributed by atoms with van der Waals surface area (Å²) in [5, 5.41) is 13.6. The van der Waals surface area contributed by atoms with Gasteiger partial charge in [-0.3, -0.25) is 0 Å². The van der Waals surface area contributed by atoms with E-state index in [1.807, 2.05) is 0 Å². The highest BCUT2D eigenvalue weighted by Gasteiger charge is 2.40. The van der Waals surface area contributed by atoms with Crippen LogP contribution in [0.1, 0.15) is 49.7 Å². The van der Waals surface area contributed by atoms with Crippen molar-refractivity contribution in [3.63, 3.8) is 0 Å². The molecule has 116 valence electrons. The highest BCUT2D eigenvalue weighted by Crippen LogP contribution is 2.35. The van der Waals surface area contributed by atoms with Gasteiger partial charge in [-0.2, -0.15) is 0 Å². The molecule has 2 aliphatic rings. The van der Waals surface area contributed by atoms with Crippen LogP contribution in [-0.4, -0.2) is 29.4 Å². The zero-order valence-electron chi connectivity index (χ0n) is 13.2. The summed E-state index contributed by atoms with van der Waals surface area (Å²) in [6, 6.07) is 6.86. The monoisotopic (exact) mass is 289 g/mol. The lowest BCUT2D eigenvalue weighted by molar-refractivity contribution is 0.0494. The van der Waals surface area contributed by atoms with Crippen LogP contribution in [0.3, 0.4) is 0 Å². The summed E-state index contributed by atoms with van der Waals surface area (Å²) >= 11 is 0. The number of hydrogen-bond acceptors (Lipinski definition) is 3. The Hall–Kier alpha value is -1.06. The minimum Gasteiger partial charge on any atom is -0.490 e. The summed E-state index contributed by atoms with van der Waals surface area (Å²) in [5.41, 5.74) is 2.38. The van der Waals surface area contributed by atoms with Crippen LogP contribution in [0.25, 0.3) is 0 Å². The molecule has 21 heavy (non-hydrogen) atoms. The van der Waals surface area contributed by atoms with E-state index in [0.717, 1.165) is 31.4 Å². The quantitative estimate of drug-likeness (QED) is 0.875. The largest absolute Gasteiger partial charge is 0.490 e. The van der Waals surface area contributed by atoms with Crippen molar-refractivity contribution in [1.29, 1.82) is 0 Å². The van der Waals surface area contributed by atoms with Gasteiger partial charge < -0.3 is 15.2 Å². The van der Waals surface area contributed by atoms with Crippen LogP contribution in [0, 0.1) is 13.8 Å². The standard InChI is InChI=1S/C18H27NO2/c1-13-5-3-7-17(14(13)2)21-16-6-4-10-18(11-16,12-20)19-15-8-9-15/h3,5,7,15-16,19-20H,4,6,8-12H2,1-2H3. The molecule has 1 aromatic carbocycles. The van der Waals surface area contributed by atoms with Crippen molar-refractivity contribution >= 4 is 0 Å². The Labute approximate surface area is 127 Å². The maximum Gasteiger partial charge on any atom is 0.122 e. The third-order valence-corrected chi connectivity index (χ3v) is 5.04. The van der Waals surface area contributed by atoms with Crippen LogP contribution in [0.15, 0.2) is 18.2 Å². The molecule has 2 fully saturated rings. The Balaban J connectivity index is 1.69. The van der Waals surface area contributed by atoms with Crippen LogP contribution in [0.2, 0.25) is 0 Å². The fraction of sp³-hybridized carbons (Fsp3) is 0.667. The van der Waals surface area contributed by atoms with Crippen LogP contribution in [0.5, 0.6) is 5.75 Å². The highest BCUT2D eigenvalue weighted by molar-refractivity contribution is 5.38. The zero-order valence-corrected chi connectivity index (χ0v) is 13.2. The lowest BCUT2D eigenvalue weighted by Gasteiger charge is -2.40. The number of benzene rings is 1. The van der Waals surface area contributed by atoms with Crippen molar-refractivity contribution in [2.45, 2.75) is 70.1 Å². The molecule has 2 saturated carbocycles. The minimum absolute atomic E-state index is 0.123. The van der Waals surface area contributed by atoms with Gasteiger partial charge in [0, 0.05) is 18.0 Å². The number of aryl methyl sites for hydroxylation is 1. The van der Waals surface area contributed by atoms with Gasteiger partial charge in [0.05, 0.1) is 6.61 Å². The van der Waals surface area contributed by atoms with E-state index in [0.29, 0.717) is 6.04 Å². The highest BCUT2D eigenvalue weighted by atomic mass is 16.5. The summed E-state index contributed by atoms with van der Waals surface area (Å²) < 4.78 is 6.27. The van der Waals surface area contributed by atoms with Crippen molar-refractivity contribution in [2.75, 3.05) is 6.61 Å². The summed E-state index contributed by atoms with van der Waals surface area (Å²) in [6.45, 7) is 4.46. The van der Waals surface area contributed by atoms with Gasteiger partial charge >= 0.3 is 0 Å². The molecule has 1 aromatic rings. The predicted octanol–water partition coefficient (Wildman–Crippen LogP) is 3.11. The first kappa shape index (κ1) is 14.9.